The Morgan fingerprint density at radius 3 is 2.14 bits per heavy atom. The third-order valence-corrected chi connectivity index (χ3v) is 9.98. The lowest BCUT2D eigenvalue weighted by molar-refractivity contribution is -0.140. The summed E-state index contributed by atoms with van der Waals surface area (Å²) in [6, 6.07) is 15.1. The van der Waals surface area contributed by atoms with Crippen LogP contribution in [-0.4, -0.2) is 43.8 Å². The fourth-order valence-corrected chi connectivity index (χ4v) is 7.05. The molecule has 0 aromatic heterocycles. The molecule has 0 unspecified atom stereocenters. The maximum atomic E-state index is 14.2. The topological polar surface area (TPSA) is 86.8 Å². The lowest BCUT2D eigenvalue weighted by atomic mass is 10.1. The van der Waals surface area contributed by atoms with Gasteiger partial charge in [-0.1, -0.05) is 66.7 Å². The van der Waals surface area contributed by atoms with Gasteiger partial charge < -0.3 is 10.2 Å². The van der Waals surface area contributed by atoms with Gasteiger partial charge in [-0.15, -0.1) is 0 Å². The van der Waals surface area contributed by atoms with Gasteiger partial charge >= 0.3 is 0 Å². The number of halogens is 3. The van der Waals surface area contributed by atoms with E-state index < -0.39 is 34.3 Å². The van der Waals surface area contributed by atoms with E-state index in [0.717, 1.165) is 47.7 Å². The molecule has 0 spiro atoms. The van der Waals surface area contributed by atoms with Gasteiger partial charge in [-0.05, 0) is 74.7 Å². The van der Waals surface area contributed by atoms with Gasteiger partial charge in [-0.3, -0.25) is 13.9 Å². The first-order chi connectivity index (χ1) is 20.0. The van der Waals surface area contributed by atoms with Crippen molar-refractivity contribution in [1.29, 1.82) is 0 Å². The van der Waals surface area contributed by atoms with Gasteiger partial charge in [0.1, 0.15) is 18.4 Å². The van der Waals surface area contributed by atoms with Crippen LogP contribution < -0.4 is 9.62 Å². The summed E-state index contributed by atoms with van der Waals surface area (Å²) in [5.41, 5.74) is 1.40. The Hall–Kier alpha value is -3.14. The van der Waals surface area contributed by atoms with Crippen LogP contribution in [-0.2, 0) is 26.2 Å². The predicted molar refractivity (Wildman–Crippen MR) is 164 cm³/mol. The Bertz CT molecular complexity index is 1490. The molecule has 11 heteroatoms. The monoisotopic (exact) mass is 633 g/mol. The van der Waals surface area contributed by atoms with E-state index >= 15 is 0 Å². The number of benzene rings is 3. The Morgan fingerprint density at radius 1 is 0.976 bits per heavy atom. The van der Waals surface area contributed by atoms with Gasteiger partial charge in [0.15, 0.2) is 0 Å². The molecule has 0 saturated heterocycles. The maximum Gasteiger partial charge on any atom is 0.264 e. The third-order valence-electron chi connectivity index (χ3n) is 7.48. The molecule has 4 rings (SSSR count). The van der Waals surface area contributed by atoms with Crippen molar-refractivity contribution in [3.8, 4) is 0 Å². The summed E-state index contributed by atoms with van der Waals surface area (Å²) in [5.74, 6) is -1.52. The maximum absolute atomic E-state index is 14.2. The molecule has 1 saturated carbocycles. The summed E-state index contributed by atoms with van der Waals surface area (Å²) >= 11 is 12.9. The van der Waals surface area contributed by atoms with E-state index in [1.54, 1.807) is 37.3 Å². The number of nitrogens with one attached hydrogen (secondary N) is 1. The average Bonchev–Trinajstić information content (AvgIpc) is 3.47. The third kappa shape index (κ3) is 7.43. The Morgan fingerprint density at radius 2 is 1.57 bits per heavy atom. The Labute approximate surface area is 256 Å². The van der Waals surface area contributed by atoms with Gasteiger partial charge in [-0.25, -0.2) is 12.8 Å². The highest BCUT2D eigenvalue weighted by Crippen LogP contribution is 2.29. The first kappa shape index (κ1) is 31.8. The highest BCUT2D eigenvalue weighted by atomic mass is 35.5. The van der Waals surface area contributed by atoms with Crippen LogP contribution in [0.1, 0.15) is 50.2 Å². The second kappa shape index (κ2) is 13.9. The number of hydrogen-bond acceptors (Lipinski definition) is 4. The van der Waals surface area contributed by atoms with Gasteiger partial charge in [-0.2, -0.15) is 0 Å². The van der Waals surface area contributed by atoms with Crippen molar-refractivity contribution in [2.45, 2.75) is 69.5 Å². The molecule has 224 valence electrons. The molecule has 1 N–H and O–H groups in total. The highest BCUT2D eigenvalue weighted by Gasteiger charge is 2.35. The van der Waals surface area contributed by atoms with Crippen LogP contribution >= 0.6 is 23.2 Å². The average molecular weight is 635 g/mol. The fourth-order valence-electron chi connectivity index (χ4n) is 5.11. The van der Waals surface area contributed by atoms with E-state index in [9.17, 15) is 22.4 Å². The molecule has 1 fully saturated rings. The van der Waals surface area contributed by atoms with E-state index in [-0.39, 0.29) is 35.5 Å². The van der Waals surface area contributed by atoms with E-state index in [4.69, 9.17) is 23.2 Å². The summed E-state index contributed by atoms with van der Waals surface area (Å²) in [4.78, 5) is 29.0. The quantitative estimate of drug-likeness (QED) is 0.261. The molecule has 0 bridgehead atoms. The van der Waals surface area contributed by atoms with Crippen molar-refractivity contribution in [3.63, 3.8) is 0 Å². The van der Waals surface area contributed by atoms with Crippen LogP contribution in [0, 0.1) is 12.7 Å². The van der Waals surface area contributed by atoms with Crippen LogP contribution in [0.25, 0.3) is 0 Å². The number of carbonyl (C=O) groups excluding carboxylic acids is 2. The molecule has 0 heterocycles. The molecule has 0 aliphatic heterocycles. The first-order valence-corrected chi connectivity index (χ1v) is 16.1. The minimum Gasteiger partial charge on any atom is -0.352 e. The zero-order chi connectivity index (χ0) is 30.4. The zero-order valence-electron chi connectivity index (χ0n) is 23.5. The number of sulfonamides is 1. The summed E-state index contributed by atoms with van der Waals surface area (Å²) in [5, 5.41) is 3.69. The van der Waals surface area contributed by atoms with E-state index in [2.05, 4.69) is 5.32 Å². The molecule has 1 atom stereocenters. The van der Waals surface area contributed by atoms with Crippen LogP contribution in [0.3, 0.4) is 0 Å². The number of rotatable bonds is 11. The van der Waals surface area contributed by atoms with E-state index in [1.807, 2.05) is 6.92 Å². The van der Waals surface area contributed by atoms with Crippen LogP contribution in [0.4, 0.5) is 10.1 Å². The minimum atomic E-state index is -4.26. The lowest BCUT2D eigenvalue weighted by Crippen LogP contribution is -2.53. The first-order valence-electron chi connectivity index (χ1n) is 13.9. The standard InChI is InChI=1S/C31H34Cl2FN3O4S/c1-3-29(31(39)35-23-7-4-5-8-23)36(19-26-27(32)9-6-10-28(26)33)30(38)20-37(24-15-13-22(34)14-16-24)42(40,41)25-17-11-21(2)12-18-25/h6,9-18,23,29H,3-5,7-8,19-20H2,1-2H3,(H,35,39)/t29-/m1/s1. The van der Waals surface area contributed by atoms with Crippen molar-refractivity contribution in [2.24, 2.45) is 0 Å². The summed E-state index contributed by atoms with van der Waals surface area (Å²) in [7, 11) is -4.26. The van der Waals surface area contributed by atoms with Crippen molar-refractivity contribution in [1.82, 2.24) is 10.2 Å². The van der Waals surface area contributed by atoms with Crippen LogP contribution in [0.15, 0.2) is 71.6 Å². The van der Waals surface area contributed by atoms with Gasteiger partial charge in [0.05, 0.1) is 10.6 Å². The van der Waals surface area contributed by atoms with Crippen molar-refractivity contribution in [2.75, 3.05) is 10.8 Å². The second-order valence-electron chi connectivity index (χ2n) is 10.4. The molecular formula is C31H34Cl2FN3O4S. The summed E-state index contributed by atoms with van der Waals surface area (Å²) < 4.78 is 42.5. The van der Waals surface area contributed by atoms with E-state index in [0.29, 0.717) is 15.6 Å². The van der Waals surface area contributed by atoms with Crippen molar-refractivity contribution >= 4 is 50.7 Å². The molecule has 2 amide bonds. The molecule has 0 radical (unpaired) electrons. The molecular weight excluding hydrogens is 600 g/mol. The SMILES string of the molecule is CC[C@H](C(=O)NC1CCCC1)N(Cc1c(Cl)cccc1Cl)C(=O)CN(c1ccc(F)cc1)S(=O)(=O)c1ccc(C)cc1. The zero-order valence-corrected chi connectivity index (χ0v) is 25.9. The highest BCUT2D eigenvalue weighted by molar-refractivity contribution is 7.92. The van der Waals surface area contributed by atoms with Crippen LogP contribution in [0.2, 0.25) is 10.0 Å². The normalized spacial score (nSPS) is 14.4. The smallest absolute Gasteiger partial charge is 0.264 e. The largest absolute Gasteiger partial charge is 0.352 e. The Kier molecular flexibility index (Phi) is 10.5. The predicted octanol–water partition coefficient (Wildman–Crippen LogP) is 6.50. The number of anilines is 1. The van der Waals surface area contributed by atoms with Crippen molar-refractivity contribution in [3.05, 3.63) is 93.7 Å². The molecule has 42 heavy (non-hydrogen) atoms. The molecule has 1 aliphatic rings. The number of nitrogens with zero attached hydrogens (tertiary/aromatic N) is 2. The van der Waals surface area contributed by atoms with Gasteiger partial charge in [0.2, 0.25) is 11.8 Å². The van der Waals surface area contributed by atoms with Gasteiger partial charge in [0, 0.05) is 28.2 Å². The molecule has 3 aromatic rings. The molecule has 3 aromatic carbocycles. The van der Waals surface area contributed by atoms with E-state index in [1.165, 1.54) is 29.2 Å². The molecule has 1 aliphatic carbocycles. The fraction of sp³-hybridized carbons (Fsp3) is 0.355. The second-order valence-corrected chi connectivity index (χ2v) is 13.1. The minimum absolute atomic E-state index is 0.0185. The summed E-state index contributed by atoms with van der Waals surface area (Å²) in [6.45, 7) is 2.86. The van der Waals surface area contributed by atoms with Gasteiger partial charge in [0.25, 0.3) is 10.0 Å². The number of carbonyl (C=O) groups is 2. The van der Waals surface area contributed by atoms with Crippen LogP contribution in [0.5, 0.6) is 0 Å². The summed E-state index contributed by atoms with van der Waals surface area (Å²) in [6.07, 6.45) is 4.03. The Balaban J connectivity index is 1.74. The molecule has 7 nitrogen and oxygen atoms in total. The number of amides is 2. The van der Waals surface area contributed by atoms with Crippen molar-refractivity contribution < 1.29 is 22.4 Å². The lowest BCUT2D eigenvalue weighted by Gasteiger charge is -2.34. The number of hydrogen-bond donors (Lipinski definition) is 1. The number of aryl methyl sites for hydroxylation is 1.